The standard InChI is InChI=1S/C23H33FN2O4S/c1-15-10-21(25-31-2)22-14-30-19-6-4-16(5-7-19)17-11-18(24)13-20(12-17)28-8-3-9-29-23(27)26(15)22/h11-13,15-16,19,21-22,25H,3-10,14H2,1-2H3. The molecule has 1 saturated heterocycles. The van der Waals surface area contributed by atoms with Crippen LogP contribution in [-0.4, -0.2) is 61.3 Å². The molecule has 1 N–H and O–H groups in total. The molecule has 1 amide bonds. The maximum Gasteiger partial charge on any atom is 0.410 e. The first-order valence-corrected chi connectivity index (χ1v) is 12.6. The number of carbonyl (C=O) groups excluding carboxylic acids is 1. The van der Waals surface area contributed by atoms with E-state index in [0.29, 0.717) is 31.3 Å². The van der Waals surface area contributed by atoms with Gasteiger partial charge in [-0.25, -0.2) is 9.18 Å². The summed E-state index contributed by atoms with van der Waals surface area (Å²) in [6.45, 7) is 3.21. The SMILES string of the molecule is CSNC1CC(C)N2C(=O)OCCCOc3cc(F)cc(c3)C3CCC(CC3)OCC12. The van der Waals surface area contributed by atoms with Gasteiger partial charge in [0.15, 0.2) is 0 Å². The van der Waals surface area contributed by atoms with Gasteiger partial charge in [0.05, 0.1) is 32.0 Å². The lowest BCUT2D eigenvalue weighted by Gasteiger charge is -2.33. The molecule has 0 spiro atoms. The van der Waals surface area contributed by atoms with Gasteiger partial charge < -0.3 is 14.2 Å². The number of fused-ring (bicyclic) bond motifs is 8. The Morgan fingerprint density at radius 2 is 1.90 bits per heavy atom. The van der Waals surface area contributed by atoms with Gasteiger partial charge in [0.1, 0.15) is 11.6 Å². The van der Waals surface area contributed by atoms with Crippen LogP contribution in [0.25, 0.3) is 0 Å². The molecule has 3 unspecified atom stereocenters. The van der Waals surface area contributed by atoms with Crippen LogP contribution >= 0.6 is 11.9 Å². The van der Waals surface area contributed by atoms with Crippen LogP contribution in [0.2, 0.25) is 0 Å². The van der Waals surface area contributed by atoms with Gasteiger partial charge in [-0.2, -0.15) is 0 Å². The molecule has 1 aliphatic carbocycles. The van der Waals surface area contributed by atoms with E-state index < -0.39 is 0 Å². The molecule has 0 radical (unpaired) electrons. The first-order chi connectivity index (χ1) is 15.0. The zero-order chi connectivity index (χ0) is 21.8. The lowest BCUT2D eigenvalue weighted by Crippen LogP contribution is -2.48. The summed E-state index contributed by atoms with van der Waals surface area (Å²) in [4.78, 5) is 14.7. The molecular formula is C23H33FN2O4S. The van der Waals surface area contributed by atoms with Crippen LogP contribution in [-0.2, 0) is 9.47 Å². The van der Waals surface area contributed by atoms with Crippen molar-refractivity contribution in [1.29, 1.82) is 0 Å². The topological polar surface area (TPSA) is 60.0 Å². The van der Waals surface area contributed by atoms with Crippen molar-refractivity contribution < 1.29 is 23.4 Å². The summed E-state index contributed by atoms with van der Waals surface area (Å²) in [5, 5.41) is 0. The van der Waals surface area contributed by atoms with Crippen molar-refractivity contribution in [2.75, 3.05) is 26.1 Å². The van der Waals surface area contributed by atoms with E-state index in [-0.39, 0.29) is 42.7 Å². The Balaban J connectivity index is 1.51. The van der Waals surface area contributed by atoms with Gasteiger partial charge in [0, 0.05) is 24.6 Å². The van der Waals surface area contributed by atoms with Gasteiger partial charge >= 0.3 is 6.09 Å². The molecule has 1 saturated carbocycles. The third-order valence-electron chi connectivity index (χ3n) is 6.70. The van der Waals surface area contributed by atoms with Crippen LogP contribution < -0.4 is 9.46 Å². The van der Waals surface area contributed by atoms with Crippen molar-refractivity contribution in [3.63, 3.8) is 0 Å². The average Bonchev–Trinajstić information content (AvgIpc) is 3.06. The molecule has 172 valence electrons. The normalized spacial score (nSPS) is 32.2. The quantitative estimate of drug-likeness (QED) is 0.668. The Morgan fingerprint density at radius 1 is 1.13 bits per heavy atom. The van der Waals surface area contributed by atoms with E-state index in [4.69, 9.17) is 14.2 Å². The minimum absolute atomic E-state index is 0.0521. The second-order valence-corrected chi connectivity index (χ2v) is 9.48. The number of hydrogen-bond donors (Lipinski definition) is 1. The largest absolute Gasteiger partial charge is 0.493 e. The van der Waals surface area contributed by atoms with E-state index in [9.17, 15) is 9.18 Å². The van der Waals surface area contributed by atoms with E-state index >= 15 is 0 Å². The lowest BCUT2D eigenvalue weighted by atomic mass is 9.82. The molecule has 4 aliphatic rings. The molecule has 1 aromatic carbocycles. The molecule has 6 nitrogen and oxygen atoms in total. The molecule has 0 aromatic heterocycles. The smallest absolute Gasteiger partial charge is 0.410 e. The second kappa shape index (κ2) is 10.4. The summed E-state index contributed by atoms with van der Waals surface area (Å²) in [5.41, 5.74) is 1.00. The van der Waals surface area contributed by atoms with Crippen LogP contribution in [0.3, 0.4) is 0 Å². The molecule has 1 aromatic rings. The van der Waals surface area contributed by atoms with Crippen molar-refractivity contribution in [2.24, 2.45) is 0 Å². The monoisotopic (exact) mass is 452 g/mol. The number of ether oxygens (including phenoxy) is 3. The molecule has 3 atom stereocenters. The van der Waals surface area contributed by atoms with Crippen molar-refractivity contribution in [3.8, 4) is 5.75 Å². The molecule has 4 bridgehead atoms. The predicted molar refractivity (Wildman–Crippen MR) is 119 cm³/mol. The number of nitrogens with zero attached hydrogens (tertiary/aromatic N) is 1. The Labute approximate surface area is 188 Å². The lowest BCUT2D eigenvalue weighted by molar-refractivity contribution is -0.0105. The maximum atomic E-state index is 14.1. The number of nitrogens with one attached hydrogen (secondary N) is 1. The fraction of sp³-hybridized carbons (Fsp3) is 0.696. The van der Waals surface area contributed by atoms with Crippen molar-refractivity contribution in [2.45, 2.75) is 75.6 Å². The van der Waals surface area contributed by atoms with Gasteiger partial charge in [-0.05, 0) is 68.9 Å². The van der Waals surface area contributed by atoms with Gasteiger partial charge in [-0.15, -0.1) is 0 Å². The first-order valence-electron chi connectivity index (χ1n) is 11.3. The highest BCUT2D eigenvalue weighted by Crippen LogP contribution is 2.36. The molecule has 5 rings (SSSR count). The fourth-order valence-electron chi connectivity index (χ4n) is 5.13. The van der Waals surface area contributed by atoms with Crippen LogP contribution in [0.1, 0.15) is 56.9 Å². The molecule has 2 fully saturated rings. The number of halogens is 1. The summed E-state index contributed by atoms with van der Waals surface area (Å²) in [6, 6.07) is 5.21. The van der Waals surface area contributed by atoms with Gasteiger partial charge in [0.25, 0.3) is 0 Å². The number of rotatable bonds is 2. The minimum atomic E-state index is -0.299. The van der Waals surface area contributed by atoms with Gasteiger partial charge in [0.2, 0.25) is 0 Å². The Hall–Kier alpha value is -1.51. The fourth-order valence-corrected chi connectivity index (χ4v) is 5.69. The van der Waals surface area contributed by atoms with E-state index in [1.807, 2.05) is 17.2 Å². The molecule has 3 heterocycles. The zero-order valence-corrected chi connectivity index (χ0v) is 19.2. The van der Waals surface area contributed by atoms with E-state index in [1.165, 1.54) is 6.07 Å². The highest BCUT2D eigenvalue weighted by Gasteiger charge is 2.43. The minimum Gasteiger partial charge on any atom is -0.493 e. The molecule has 31 heavy (non-hydrogen) atoms. The number of benzene rings is 1. The highest BCUT2D eigenvalue weighted by atomic mass is 32.2. The van der Waals surface area contributed by atoms with E-state index in [1.54, 1.807) is 18.0 Å². The van der Waals surface area contributed by atoms with Crippen molar-refractivity contribution in [3.05, 3.63) is 29.6 Å². The Bertz CT molecular complexity index is 759. The first kappa shape index (κ1) is 22.7. The van der Waals surface area contributed by atoms with E-state index in [2.05, 4.69) is 11.6 Å². The second-order valence-electron chi connectivity index (χ2n) is 8.83. The molecule has 8 heteroatoms. The number of hydrogen-bond acceptors (Lipinski definition) is 6. The molecule has 3 aliphatic heterocycles. The van der Waals surface area contributed by atoms with Gasteiger partial charge in [-0.1, -0.05) is 11.9 Å². The van der Waals surface area contributed by atoms with Crippen LogP contribution in [0.4, 0.5) is 9.18 Å². The van der Waals surface area contributed by atoms with Crippen LogP contribution in [0.15, 0.2) is 18.2 Å². The summed E-state index contributed by atoms with van der Waals surface area (Å²) >= 11 is 1.58. The van der Waals surface area contributed by atoms with E-state index in [0.717, 1.165) is 37.7 Å². The summed E-state index contributed by atoms with van der Waals surface area (Å²) in [6.07, 6.45) is 7.10. The summed E-state index contributed by atoms with van der Waals surface area (Å²) in [7, 11) is 0. The van der Waals surface area contributed by atoms with Crippen LogP contribution in [0, 0.1) is 5.82 Å². The van der Waals surface area contributed by atoms with Gasteiger partial charge in [-0.3, -0.25) is 9.62 Å². The Kier molecular flexibility index (Phi) is 7.61. The van der Waals surface area contributed by atoms with Crippen LogP contribution in [0.5, 0.6) is 5.75 Å². The Morgan fingerprint density at radius 3 is 2.68 bits per heavy atom. The summed E-state index contributed by atoms with van der Waals surface area (Å²) in [5.74, 6) is 0.604. The van der Waals surface area contributed by atoms with Crippen molar-refractivity contribution in [1.82, 2.24) is 9.62 Å². The zero-order valence-electron chi connectivity index (χ0n) is 18.3. The number of amides is 1. The third-order valence-corrected chi connectivity index (χ3v) is 7.24. The maximum absolute atomic E-state index is 14.1. The number of carbonyl (C=O) groups is 1. The molecular weight excluding hydrogens is 419 g/mol. The highest BCUT2D eigenvalue weighted by molar-refractivity contribution is 7.96. The summed E-state index contributed by atoms with van der Waals surface area (Å²) < 4.78 is 35.2. The average molecular weight is 453 g/mol. The third kappa shape index (κ3) is 5.46. The predicted octanol–water partition coefficient (Wildman–Crippen LogP) is 4.49. The van der Waals surface area contributed by atoms with Crippen molar-refractivity contribution >= 4 is 18.0 Å².